The van der Waals surface area contributed by atoms with Gasteiger partial charge in [0.2, 0.25) is 5.75 Å². The Morgan fingerprint density at radius 1 is 1.05 bits per heavy atom. The Kier molecular flexibility index (Phi) is 5.76. The molecule has 0 bridgehead atoms. The van der Waals surface area contributed by atoms with Crippen molar-refractivity contribution in [2.75, 3.05) is 21.3 Å². The number of hydrogen-bond donors (Lipinski definition) is 1. The van der Waals surface area contributed by atoms with Gasteiger partial charge in [0.15, 0.2) is 11.5 Å². The molecule has 1 fully saturated rings. The molecule has 0 spiro atoms. The molecule has 1 aromatic rings. The van der Waals surface area contributed by atoms with E-state index in [0.29, 0.717) is 23.2 Å². The van der Waals surface area contributed by atoms with Crippen LogP contribution in [0.15, 0.2) is 12.1 Å². The zero-order valence-electron chi connectivity index (χ0n) is 11.6. The maximum Gasteiger partial charge on any atom is 0.203 e. The first kappa shape index (κ1) is 15.9. The summed E-state index contributed by atoms with van der Waals surface area (Å²) < 4.78 is 16.0. The molecule has 0 saturated heterocycles. The molecule has 0 heterocycles. The van der Waals surface area contributed by atoms with Gasteiger partial charge < -0.3 is 19.9 Å². The molecule has 1 atom stereocenters. The molecule has 2 rings (SSSR count). The Morgan fingerprint density at radius 3 is 1.89 bits per heavy atom. The molecule has 0 aromatic heterocycles. The first-order chi connectivity index (χ1) is 8.71. The van der Waals surface area contributed by atoms with Crippen LogP contribution in [0.4, 0.5) is 0 Å². The summed E-state index contributed by atoms with van der Waals surface area (Å²) in [7, 11) is 4.85. The third kappa shape index (κ3) is 3.07. The first-order valence-corrected chi connectivity index (χ1v) is 6.26. The van der Waals surface area contributed by atoms with Crippen molar-refractivity contribution in [2.45, 2.75) is 25.3 Å². The quantitative estimate of drug-likeness (QED) is 0.905. The van der Waals surface area contributed by atoms with Crippen LogP contribution in [0.5, 0.6) is 17.2 Å². The van der Waals surface area contributed by atoms with Gasteiger partial charge in [-0.1, -0.05) is 6.42 Å². The highest BCUT2D eigenvalue weighted by Crippen LogP contribution is 2.43. The zero-order chi connectivity index (χ0) is 13.1. The molecule has 5 heteroatoms. The van der Waals surface area contributed by atoms with Crippen molar-refractivity contribution in [1.82, 2.24) is 0 Å². The van der Waals surface area contributed by atoms with Crippen LogP contribution in [0.2, 0.25) is 0 Å². The lowest BCUT2D eigenvalue weighted by molar-refractivity contribution is 0.262. The topological polar surface area (TPSA) is 53.7 Å². The molecule has 1 saturated carbocycles. The Hall–Kier alpha value is -1.13. The van der Waals surface area contributed by atoms with Crippen molar-refractivity contribution < 1.29 is 14.2 Å². The third-order valence-corrected chi connectivity index (χ3v) is 3.73. The molecule has 0 aliphatic heterocycles. The van der Waals surface area contributed by atoms with Gasteiger partial charge in [-0.05, 0) is 36.5 Å². The van der Waals surface area contributed by atoms with Crippen molar-refractivity contribution in [3.8, 4) is 17.2 Å². The minimum Gasteiger partial charge on any atom is -0.493 e. The normalized spacial score (nSPS) is 16.0. The number of benzene rings is 1. The Bertz CT molecular complexity index is 396. The highest BCUT2D eigenvalue weighted by Gasteiger charge is 2.27. The van der Waals surface area contributed by atoms with E-state index < -0.39 is 0 Å². The summed E-state index contributed by atoms with van der Waals surface area (Å²) in [5.41, 5.74) is 7.34. The standard InChI is InChI=1S/C14H21NO3.ClH/c1-16-11-7-10(13(15)9-5-4-6-9)8-12(17-2)14(11)18-3;/h7-9,13H,4-6,15H2,1-3H3;1H/t13-;/m1./s1. The van der Waals surface area contributed by atoms with Gasteiger partial charge in [0.1, 0.15) is 0 Å². The van der Waals surface area contributed by atoms with Gasteiger partial charge in [-0.25, -0.2) is 0 Å². The number of hydrogen-bond acceptors (Lipinski definition) is 4. The number of halogens is 1. The first-order valence-electron chi connectivity index (χ1n) is 6.26. The predicted octanol–water partition coefficient (Wildman–Crippen LogP) is 2.93. The average molecular weight is 288 g/mol. The zero-order valence-corrected chi connectivity index (χ0v) is 12.5. The van der Waals surface area contributed by atoms with E-state index in [2.05, 4.69) is 0 Å². The lowest BCUT2D eigenvalue weighted by Gasteiger charge is -2.32. The second-order valence-corrected chi connectivity index (χ2v) is 4.68. The molecule has 1 aromatic carbocycles. The minimum atomic E-state index is 0. The molecule has 4 nitrogen and oxygen atoms in total. The predicted molar refractivity (Wildman–Crippen MR) is 77.6 cm³/mol. The number of rotatable bonds is 5. The maximum absolute atomic E-state index is 6.29. The SMILES string of the molecule is COc1cc([C@H](N)C2CCC2)cc(OC)c1OC.Cl. The monoisotopic (exact) mass is 287 g/mol. The lowest BCUT2D eigenvalue weighted by atomic mass is 9.77. The van der Waals surface area contributed by atoms with Crippen molar-refractivity contribution in [3.05, 3.63) is 17.7 Å². The molecule has 0 unspecified atom stereocenters. The van der Waals surface area contributed by atoms with E-state index in [1.807, 2.05) is 12.1 Å². The Labute approximate surface area is 120 Å². The molecule has 1 aliphatic carbocycles. The van der Waals surface area contributed by atoms with E-state index in [1.165, 1.54) is 19.3 Å². The number of nitrogens with two attached hydrogens (primary N) is 1. The van der Waals surface area contributed by atoms with E-state index >= 15 is 0 Å². The van der Waals surface area contributed by atoms with Crippen molar-refractivity contribution >= 4 is 12.4 Å². The highest BCUT2D eigenvalue weighted by atomic mass is 35.5. The fraction of sp³-hybridized carbons (Fsp3) is 0.571. The summed E-state index contributed by atoms with van der Waals surface area (Å²) in [6.45, 7) is 0. The van der Waals surface area contributed by atoms with E-state index in [0.717, 1.165) is 5.56 Å². The van der Waals surface area contributed by atoms with Crippen LogP contribution in [0.1, 0.15) is 30.9 Å². The number of ether oxygens (including phenoxy) is 3. The minimum absolute atomic E-state index is 0. The van der Waals surface area contributed by atoms with E-state index in [-0.39, 0.29) is 18.4 Å². The summed E-state index contributed by atoms with van der Waals surface area (Å²) in [5, 5.41) is 0. The molecular weight excluding hydrogens is 266 g/mol. The summed E-state index contributed by atoms with van der Waals surface area (Å²) >= 11 is 0. The van der Waals surface area contributed by atoms with Crippen molar-refractivity contribution in [2.24, 2.45) is 11.7 Å². The van der Waals surface area contributed by atoms with Gasteiger partial charge in [0, 0.05) is 6.04 Å². The Balaban J connectivity index is 0.00000180. The van der Waals surface area contributed by atoms with Gasteiger partial charge >= 0.3 is 0 Å². The van der Waals surface area contributed by atoms with Gasteiger partial charge in [-0.15, -0.1) is 12.4 Å². The van der Waals surface area contributed by atoms with Crippen LogP contribution in [-0.2, 0) is 0 Å². The summed E-state index contributed by atoms with van der Waals surface area (Å²) in [5.74, 6) is 2.53. The molecule has 0 amide bonds. The van der Waals surface area contributed by atoms with Crippen LogP contribution in [0.3, 0.4) is 0 Å². The van der Waals surface area contributed by atoms with Gasteiger partial charge in [-0.2, -0.15) is 0 Å². The average Bonchev–Trinajstić information content (AvgIpc) is 2.34. The fourth-order valence-electron chi connectivity index (χ4n) is 2.36. The lowest BCUT2D eigenvalue weighted by Crippen LogP contribution is -2.26. The number of methoxy groups -OCH3 is 3. The molecule has 108 valence electrons. The largest absolute Gasteiger partial charge is 0.493 e. The second-order valence-electron chi connectivity index (χ2n) is 4.68. The summed E-state index contributed by atoms with van der Waals surface area (Å²) in [4.78, 5) is 0. The highest BCUT2D eigenvalue weighted by molar-refractivity contribution is 5.85. The van der Waals surface area contributed by atoms with E-state index in [4.69, 9.17) is 19.9 Å². The van der Waals surface area contributed by atoms with E-state index in [1.54, 1.807) is 21.3 Å². The molecular formula is C14H22ClNO3. The van der Waals surface area contributed by atoms with E-state index in [9.17, 15) is 0 Å². The summed E-state index contributed by atoms with van der Waals surface area (Å²) in [6, 6.07) is 3.95. The molecule has 2 N–H and O–H groups in total. The van der Waals surface area contributed by atoms with Gasteiger partial charge in [0.05, 0.1) is 21.3 Å². The molecule has 0 radical (unpaired) electrons. The summed E-state index contributed by atoms with van der Waals surface area (Å²) in [6.07, 6.45) is 3.69. The molecule has 1 aliphatic rings. The van der Waals surface area contributed by atoms with Crippen LogP contribution >= 0.6 is 12.4 Å². The maximum atomic E-state index is 6.29. The van der Waals surface area contributed by atoms with Gasteiger partial charge in [0.25, 0.3) is 0 Å². The van der Waals surface area contributed by atoms with Crippen molar-refractivity contribution in [1.29, 1.82) is 0 Å². The second kappa shape index (κ2) is 6.87. The Morgan fingerprint density at radius 2 is 1.58 bits per heavy atom. The fourth-order valence-corrected chi connectivity index (χ4v) is 2.36. The van der Waals surface area contributed by atoms with Gasteiger partial charge in [-0.3, -0.25) is 0 Å². The van der Waals surface area contributed by atoms with Crippen molar-refractivity contribution in [3.63, 3.8) is 0 Å². The molecule has 19 heavy (non-hydrogen) atoms. The van der Waals surface area contributed by atoms with Crippen LogP contribution < -0.4 is 19.9 Å². The van der Waals surface area contributed by atoms with Crippen LogP contribution in [-0.4, -0.2) is 21.3 Å². The van der Waals surface area contributed by atoms with Crippen LogP contribution in [0.25, 0.3) is 0 Å². The third-order valence-electron chi connectivity index (χ3n) is 3.73. The van der Waals surface area contributed by atoms with Crippen LogP contribution in [0, 0.1) is 5.92 Å². The smallest absolute Gasteiger partial charge is 0.203 e.